The summed E-state index contributed by atoms with van der Waals surface area (Å²) in [6.45, 7) is 2.65. The van der Waals surface area contributed by atoms with Crippen molar-refractivity contribution < 1.29 is 18.6 Å². The number of carboxylic acid groups (broad SMARTS) is 1. The standard InChI is InChI=1S/C9H11NO4S.C2H7N/c10-8(9(11)12)5-6-1-3-7(4-2-6)14-15-13;1-2-3/h1-4,8,13H,5,10H2,(H,11,12);2-3H2,1H3. The highest BCUT2D eigenvalue weighted by molar-refractivity contribution is 7.89. The predicted octanol–water partition coefficient (Wildman–Crippen LogP) is 1.11. The van der Waals surface area contributed by atoms with Gasteiger partial charge in [-0.25, -0.2) is 0 Å². The first kappa shape index (κ1) is 16.7. The van der Waals surface area contributed by atoms with Crippen LogP contribution in [0.25, 0.3) is 0 Å². The monoisotopic (exact) mass is 274 g/mol. The number of nitrogens with two attached hydrogens (primary N) is 2. The summed E-state index contributed by atoms with van der Waals surface area (Å²) in [5.74, 6) is -0.531. The fourth-order valence-electron chi connectivity index (χ4n) is 1.07. The molecular weight excluding hydrogens is 256 g/mol. The molecule has 1 aromatic rings. The highest BCUT2D eigenvalue weighted by Crippen LogP contribution is 2.16. The van der Waals surface area contributed by atoms with Gasteiger partial charge < -0.3 is 20.8 Å². The maximum atomic E-state index is 10.5. The number of benzene rings is 1. The molecule has 0 aromatic heterocycles. The van der Waals surface area contributed by atoms with Crippen molar-refractivity contribution >= 4 is 18.3 Å². The lowest BCUT2D eigenvalue weighted by Crippen LogP contribution is -2.32. The Morgan fingerprint density at radius 2 is 1.94 bits per heavy atom. The van der Waals surface area contributed by atoms with Crippen LogP contribution in [0.4, 0.5) is 0 Å². The summed E-state index contributed by atoms with van der Waals surface area (Å²) in [5.41, 5.74) is 11.0. The lowest BCUT2D eigenvalue weighted by molar-refractivity contribution is -0.138. The van der Waals surface area contributed by atoms with Crippen molar-refractivity contribution in [2.45, 2.75) is 19.4 Å². The molecule has 7 heteroatoms. The Labute approximate surface area is 110 Å². The van der Waals surface area contributed by atoms with Crippen molar-refractivity contribution in [3.63, 3.8) is 0 Å². The predicted molar refractivity (Wildman–Crippen MR) is 71.3 cm³/mol. The molecule has 102 valence electrons. The third-order valence-corrected chi connectivity index (χ3v) is 2.10. The van der Waals surface area contributed by atoms with E-state index in [-0.39, 0.29) is 18.7 Å². The van der Waals surface area contributed by atoms with Crippen molar-refractivity contribution in [2.75, 3.05) is 6.54 Å². The molecular formula is C11H18N2O4S. The Balaban J connectivity index is 0.000000873. The van der Waals surface area contributed by atoms with E-state index in [9.17, 15) is 4.79 Å². The molecule has 0 fully saturated rings. The molecule has 0 saturated heterocycles. The molecule has 0 aliphatic heterocycles. The van der Waals surface area contributed by atoms with Gasteiger partial charge in [-0.15, -0.1) is 0 Å². The van der Waals surface area contributed by atoms with Crippen molar-refractivity contribution in [3.8, 4) is 5.75 Å². The number of carboxylic acids is 1. The van der Waals surface area contributed by atoms with Crippen LogP contribution in [0.3, 0.4) is 0 Å². The molecule has 1 rings (SSSR count). The molecule has 1 unspecified atom stereocenters. The van der Waals surface area contributed by atoms with E-state index in [1.807, 2.05) is 6.92 Å². The van der Waals surface area contributed by atoms with Gasteiger partial charge in [-0.05, 0) is 30.7 Å². The van der Waals surface area contributed by atoms with Crippen LogP contribution < -0.4 is 15.7 Å². The molecule has 0 saturated carbocycles. The smallest absolute Gasteiger partial charge is 0.320 e. The van der Waals surface area contributed by atoms with E-state index in [2.05, 4.69) is 0 Å². The topological polar surface area (TPSA) is 119 Å². The maximum Gasteiger partial charge on any atom is 0.320 e. The summed E-state index contributed by atoms with van der Waals surface area (Å²) in [6, 6.07) is 5.77. The van der Waals surface area contributed by atoms with E-state index in [0.29, 0.717) is 5.75 Å². The fourth-order valence-corrected chi connectivity index (χ4v) is 1.26. The van der Waals surface area contributed by atoms with Crippen molar-refractivity contribution in [2.24, 2.45) is 11.5 Å². The molecule has 6 nitrogen and oxygen atoms in total. The lowest BCUT2D eigenvalue weighted by atomic mass is 10.1. The Morgan fingerprint density at radius 1 is 1.44 bits per heavy atom. The van der Waals surface area contributed by atoms with Gasteiger partial charge in [0.1, 0.15) is 11.8 Å². The van der Waals surface area contributed by atoms with Crippen LogP contribution >= 0.6 is 12.3 Å². The minimum Gasteiger partial charge on any atom is -0.480 e. The molecule has 0 bridgehead atoms. The quantitative estimate of drug-likeness (QED) is 0.594. The van der Waals surface area contributed by atoms with E-state index in [1.165, 1.54) is 0 Å². The minimum atomic E-state index is -1.03. The zero-order valence-corrected chi connectivity index (χ0v) is 10.9. The zero-order chi connectivity index (χ0) is 14.0. The summed E-state index contributed by atoms with van der Waals surface area (Å²) >= 11 is 0.261. The first-order valence-corrected chi connectivity index (χ1v) is 6.00. The van der Waals surface area contributed by atoms with Crippen LogP contribution in [0.5, 0.6) is 5.75 Å². The van der Waals surface area contributed by atoms with Gasteiger partial charge in [0, 0.05) is 0 Å². The molecule has 18 heavy (non-hydrogen) atoms. The molecule has 0 aliphatic carbocycles. The van der Waals surface area contributed by atoms with Gasteiger partial charge in [0.25, 0.3) is 0 Å². The normalized spacial score (nSPS) is 11.1. The van der Waals surface area contributed by atoms with Crippen LogP contribution in [0.15, 0.2) is 24.3 Å². The van der Waals surface area contributed by atoms with Gasteiger partial charge >= 0.3 is 5.97 Å². The van der Waals surface area contributed by atoms with E-state index in [4.69, 9.17) is 25.3 Å². The summed E-state index contributed by atoms with van der Waals surface area (Å²) in [4.78, 5) is 10.5. The number of aliphatic carboxylic acids is 1. The van der Waals surface area contributed by atoms with Crippen LogP contribution in [-0.4, -0.2) is 28.2 Å². The van der Waals surface area contributed by atoms with Crippen molar-refractivity contribution in [3.05, 3.63) is 29.8 Å². The SMILES string of the molecule is CCN.NC(Cc1ccc(OSO)cc1)C(=O)O. The summed E-state index contributed by atoms with van der Waals surface area (Å²) in [6.07, 6.45) is 0.266. The number of hydrogen-bond donors (Lipinski definition) is 4. The highest BCUT2D eigenvalue weighted by Gasteiger charge is 2.11. The largest absolute Gasteiger partial charge is 0.480 e. The third kappa shape index (κ3) is 7.13. The summed E-state index contributed by atoms with van der Waals surface area (Å²) in [7, 11) is 0. The average molecular weight is 274 g/mol. The number of carbonyl (C=O) groups is 1. The summed E-state index contributed by atoms with van der Waals surface area (Å²) < 4.78 is 13.1. The molecule has 0 amide bonds. The van der Waals surface area contributed by atoms with Gasteiger partial charge in [0.2, 0.25) is 12.3 Å². The maximum absolute atomic E-state index is 10.5. The van der Waals surface area contributed by atoms with E-state index >= 15 is 0 Å². The Kier molecular flexibility index (Phi) is 9.03. The molecule has 1 aromatic carbocycles. The Morgan fingerprint density at radius 3 is 2.33 bits per heavy atom. The van der Waals surface area contributed by atoms with E-state index in [1.54, 1.807) is 24.3 Å². The van der Waals surface area contributed by atoms with Crippen LogP contribution in [0, 0.1) is 0 Å². The second kappa shape index (κ2) is 9.72. The van der Waals surface area contributed by atoms with Gasteiger partial charge in [-0.3, -0.25) is 9.35 Å². The Hall–Kier alpha value is -1.28. The highest BCUT2D eigenvalue weighted by atomic mass is 32.2. The average Bonchev–Trinajstić information content (AvgIpc) is 2.33. The lowest BCUT2D eigenvalue weighted by Gasteiger charge is -2.06. The van der Waals surface area contributed by atoms with E-state index in [0.717, 1.165) is 12.1 Å². The molecule has 0 aliphatic rings. The fraction of sp³-hybridized carbons (Fsp3) is 0.364. The van der Waals surface area contributed by atoms with Gasteiger partial charge in [0.05, 0.1) is 0 Å². The van der Waals surface area contributed by atoms with Crippen molar-refractivity contribution in [1.29, 1.82) is 0 Å². The van der Waals surface area contributed by atoms with E-state index < -0.39 is 12.0 Å². The second-order valence-electron chi connectivity index (χ2n) is 3.36. The molecule has 1 atom stereocenters. The molecule has 0 radical (unpaired) electrons. The zero-order valence-electron chi connectivity index (χ0n) is 10.1. The van der Waals surface area contributed by atoms with Crippen molar-refractivity contribution in [1.82, 2.24) is 0 Å². The van der Waals surface area contributed by atoms with Crippen LogP contribution in [0.2, 0.25) is 0 Å². The molecule has 0 heterocycles. The third-order valence-electron chi connectivity index (χ3n) is 1.83. The van der Waals surface area contributed by atoms with Gasteiger partial charge in [0.15, 0.2) is 0 Å². The molecule has 6 N–H and O–H groups in total. The Bertz CT molecular complexity index is 345. The second-order valence-corrected chi connectivity index (χ2v) is 3.67. The molecule has 0 spiro atoms. The van der Waals surface area contributed by atoms with Crippen LogP contribution in [-0.2, 0) is 11.2 Å². The van der Waals surface area contributed by atoms with Crippen LogP contribution in [0.1, 0.15) is 12.5 Å². The minimum absolute atomic E-state index is 0.261. The van der Waals surface area contributed by atoms with Gasteiger partial charge in [-0.2, -0.15) is 0 Å². The number of hydrogen-bond acceptors (Lipinski definition) is 6. The first-order chi connectivity index (χ1) is 8.54. The number of rotatable bonds is 5. The first-order valence-electron chi connectivity index (χ1n) is 5.30. The van der Waals surface area contributed by atoms with Gasteiger partial charge in [-0.1, -0.05) is 19.1 Å². The summed E-state index contributed by atoms with van der Waals surface area (Å²) in [5, 5.41) is 8.60.